The van der Waals surface area contributed by atoms with Gasteiger partial charge in [0.1, 0.15) is 11.5 Å². The van der Waals surface area contributed by atoms with Gasteiger partial charge in [-0.3, -0.25) is 9.48 Å². The van der Waals surface area contributed by atoms with E-state index < -0.39 is 0 Å². The summed E-state index contributed by atoms with van der Waals surface area (Å²) in [5, 5.41) is 6.98. The van der Waals surface area contributed by atoms with Crippen molar-refractivity contribution in [3.8, 4) is 0 Å². The number of rotatable bonds is 3. The SMILES string of the molecule is Cn1nccc1C(=O)NCC1CCc2nccn2C1. The molecule has 1 amide bonds. The van der Waals surface area contributed by atoms with E-state index in [-0.39, 0.29) is 5.91 Å². The van der Waals surface area contributed by atoms with Gasteiger partial charge in [-0.2, -0.15) is 5.10 Å². The lowest BCUT2D eigenvalue weighted by Crippen LogP contribution is -2.34. The Balaban J connectivity index is 1.56. The molecule has 3 rings (SSSR count). The van der Waals surface area contributed by atoms with Crippen LogP contribution in [0.25, 0.3) is 0 Å². The summed E-state index contributed by atoms with van der Waals surface area (Å²) in [6, 6.07) is 1.73. The molecule has 1 N–H and O–H groups in total. The van der Waals surface area contributed by atoms with Gasteiger partial charge in [-0.25, -0.2) is 4.98 Å². The molecule has 2 aromatic rings. The Morgan fingerprint density at radius 3 is 3.21 bits per heavy atom. The molecule has 0 bridgehead atoms. The molecule has 0 saturated heterocycles. The standard InChI is InChI=1S/C13H17N5O/c1-17-11(4-5-16-17)13(19)15-8-10-2-3-12-14-6-7-18(12)9-10/h4-7,10H,2-3,8-9H2,1H3,(H,15,19). The van der Waals surface area contributed by atoms with E-state index in [0.29, 0.717) is 18.2 Å². The lowest BCUT2D eigenvalue weighted by Gasteiger charge is -2.23. The second-order valence-corrected chi connectivity index (χ2v) is 4.95. The van der Waals surface area contributed by atoms with Crippen LogP contribution in [-0.4, -0.2) is 31.8 Å². The lowest BCUT2D eigenvalue weighted by molar-refractivity contribution is 0.0934. The van der Waals surface area contributed by atoms with Gasteiger partial charge in [0, 0.05) is 45.1 Å². The van der Waals surface area contributed by atoms with Crippen LogP contribution in [0.15, 0.2) is 24.7 Å². The van der Waals surface area contributed by atoms with Crippen molar-refractivity contribution in [1.82, 2.24) is 24.6 Å². The third kappa shape index (κ3) is 2.38. The Morgan fingerprint density at radius 1 is 1.53 bits per heavy atom. The predicted octanol–water partition coefficient (Wildman–Crippen LogP) is 0.609. The number of imidazole rings is 1. The van der Waals surface area contributed by atoms with Gasteiger partial charge in [0.05, 0.1) is 0 Å². The van der Waals surface area contributed by atoms with Crippen LogP contribution in [0.1, 0.15) is 22.7 Å². The van der Waals surface area contributed by atoms with Crippen LogP contribution in [-0.2, 0) is 20.0 Å². The summed E-state index contributed by atoms with van der Waals surface area (Å²) < 4.78 is 3.76. The quantitative estimate of drug-likeness (QED) is 0.878. The van der Waals surface area contributed by atoms with E-state index >= 15 is 0 Å². The van der Waals surface area contributed by atoms with Crippen molar-refractivity contribution in [2.24, 2.45) is 13.0 Å². The average Bonchev–Trinajstić information content (AvgIpc) is 3.03. The van der Waals surface area contributed by atoms with Crippen LogP contribution < -0.4 is 5.32 Å². The highest BCUT2D eigenvalue weighted by molar-refractivity contribution is 5.92. The number of amides is 1. The normalized spacial score (nSPS) is 18.1. The zero-order valence-corrected chi connectivity index (χ0v) is 10.9. The molecule has 1 unspecified atom stereocenters. The van der Waals surface area contributed by atoms with Gasteiger partial charge in [0.15, 0.2) is 0 Å². The van der Waals surface area contributed by atoms with Gasteiger partial charge in [-0.15, -0.1) is 0 Å². The Labute approximate surface area is 111 Å². The summed E-state index contributed by atoms with van der Waals surface area (Å²) >= 11 is 0. The van der Waals surface area contributed by atoms with Crippen LogP contribution >= 0.6 is 0 Å². The Hall–Kier alpha value is -2.11. The molecule has 6 nitrogen and oxygen atoms in total. The molecule has 1 aliphatic heterocycles. The van der Waals surface area contributed by atoms with Crippen molar-refractivity contribution in [2.75, 3.05) is 6.54 Å². The molecule has 0 aromatic carbocycles. The van der Waals surface area contributed by atoms with Gasteiger partial charge in [-0.05, 0) is 18.4 Å². The van der Waals surface area contributed by atoms with E-state index in [9.17, 15) is 4.79 Å². The molecule has 19 heavy (non-hydrogen) atoms. The number of aryl methyl sites for hydroxylation is 2. The van der Waals surface area contributed by atoms with E-state index in [1.54, 1.807) is 24.0 Å². The van der Waals surface area contributed by atoms with Gasteiger partial charge < -0.3 is 9.88 Å². The monoisotopic (exact) mass is 259 g/mol. The zero-order chi connectivity index (χ0) is 13.2. The van der Waals surface area contributed by atoms with Crippen LogP contribution in [0, 0.1) is 5.92 Å². The van der Waals surface area contributed by atoms with Crippen molar-refractivity contribution < 1.29 is 4.79 Å². The van der Waals surface area contributed by atoms with Crippen LogP contribution in [0.5, 0.6) is 0 Å². The number of fused-ring (bicyclic) bond motifs is 1. The lowest BCUT2D eigenvalue weighted by atomic mass is 9.99. The van der Waals surface area contributed by atoms with Crippen LogP contribution in [0.2, 0.25) is 0 Å². The maximum Gasteiger partial charge on any atom is 0.269 e. The first kappa shape index (κ1) is 12.0. The number of hydrogen-bond donors (Lipinski definition) is 1. The summed E-state index contributed by atoms with van der Waals surface area (Å²) in [6.07, 6.45) is 7.53. The second-order valence-electron chi connectivity index (χ2n) is 4.95. The van der Waals surface area contributed by atoms with Gasteiger partial charge in [0.25, 0.3) is 5.91 Å². The fourth-order valence-electron chi connectivity index (χ4n) is 2.53. The fourth-order valence-corrected chi connectivity index (χ4v) is 2.53. The molecule has 1 atom stereocenters. The minimum atomic E-state index is -0.0589. The highest BCUT2D eigenvalue weighted by Crippen LogP contribution is 2.17. The van der Waals surface area contributed by atoms with E-state index in [1.807, 2.05) is 12.4 Å². The number of nitrogens with one attached hydrogen (secondary N) is 1. The van der Waals surface area contributed by atoms with Gasteiger partial charge in [-0.1, -0.05) is 0 Å². The number of carbonyl (C=O) groups is 1. The Bertz CT molecular complexity index is 585. The average molecular weight is 259 g/mol. The maximum absolute atomic E-state index is 12.0. The Morgan fingerprint density at radius 2 is 2.42 bits per heavy atom. The molecular weight excluding hydrogens is 242 g/mol. The number of aromatic nitrogens is 4. The topological polar surface area (TPSA) is 64.7 Å². The molecule has 0 radical (unpaired) electrons. The Kier molecular flexibility index (Phi) is 3.06. The maximum atomic E-state index is 12.0. The van der Waals surface area contributed by atoms with Crippen molar-refractivity contribution in [1.29, 1.82) is 0 Å². The minimum absolute atomic E-state index is 0.0589. The predicted molar refractivity (Wildman–Crippen MR) is 69.6 cm³/mol. The van der Waals surface area contributed by atoms with E-state index in [4.69, 9.17) is 0 Å². The molecule has 0 aliphatic carbocycles. The summed E-state index contributed by atoms with van der Waals surface area (Å²) in [7, 11) is 1.77. The summed E-state index contributed by atoms with van der Waals surface area (Å²) in [5.74, 6) is 1.56. The minimum Gasteiger partial charge on any atom is -0.350 e. The molecule has 0 saturated carbocycles. The first-order valence-corrected chi connectivity index (χ1v) is 6.50. The third-order valence-electron chi connectivity index (χ3n) is 3.64. The highest BCUT2D eigenvalue weighted by atomic mass is 16.2. The smallest absolute Gasteiger partial charge is 0.269 e. The molecule has 0 fully saturated rings. The van der Waals surface area contributed by atoms with Crippen LogP contribution in [0.3, 0.4) is 0 Å². The molecule has 1 aliphatic rings. The van der Waals surface area contributed by atoms with Crippen LogP contribution in [0.4, 0.5) is 0 Å². The first-order valence-electron chi connectivity index (χ1n) is 6.50. The number of nitrogens with zero attached hydrogens (tertiary/aromatic N) is 4. The highest BCUT2D eigenvalue weighted by Gasteiger charge is 2.19. The summed E-state index contributed by atoms with van der Waals surface area (Å²) in [4.78, 5) is 16.3. The van der Waals surface area contributed by atoms with Gasteiger partial charge >= 0.3 is 0 Å². The van der Waals surface area contributed by atoms with E-state index in [1.165, 1.54) is 0 Å². The third-order valence-corrected chi connectivity index (χ3v) is 3.64. The first-order chi connectivity index (χ1) is 9.24. The van der Waals surface area contributed by atoms with Gasteiger partial charge in [0.2, 0.25) is 0 Å². The zero-order valence-electron chi connectivity index (χ0n) is 10.9. The summed E-state index contributed by atoms with van der Waals surface area (Å²) in [6.45, 7) is 1.63. The van der Waals surface area contributed by atoms with Crippen molar-refractivity contribution in [3.05, 3.63) is 36.2 Å². The molecular formula is C13H17N5O. The molecule has 0 spiro atoms. The second kappa shape index (κ2) is 4.87. The largest absolute Gasteiger partial charge is 0.350 e. The molecule has 6 heteroatoms. The fraction of sp³-hybridized carbons (Fsp3) is 0.462. The number of hydrogen-bond acceptors (Lipinski definition) is 3. The molecule has 2 aromatic heterocycles. The molecule has 100 valence electrons. The number of carbonyl (C=O) groups excluding carboxylic acids is 1. The van der Waals surface area contributed by atoms with E-state index in [0.717, 1.165) is 25.2 Å². The van der Waals surface area contributed by atoms with E-state index in [2.05, 4.69) is 20.0 Å². The van der Waals surface area contributed by atoms with Crippen molar-refractivity contribution >= 4 is 5.91 Å². The summed E-state index contributed by atoms with van der Waals surface area (Å²) in [5.41, 5.74) is 0.596. The van der Waals surface area contributed by atoms with Crippen molar-refractivity contribution in [3.63, 3.8) is 0 Å². The molecule has 3 heterocycles. The van der Waals surface area contributed by atoms with Crippen molar-refractivity contribution in [2.45, 2.75) is 19.4 Å².